The number of ether oxygens (including phenoxy) is 1. The fraction of sp³-hybridized carbons (Fsp3) is 0.435. The normalized spacial score (nSPS) is 22.0. The van der Waals surface area contributed by atoms with Crippen molar-refractivity contribution < 1.29 is 9.53 Å². The van der Waals surface area contributed by atoms with E-state index in [1.54, 1.807) is 7.11 Å². The lowest BCUT2D eigenvalue weighted by molar-refractivity contribution is -0.133. The van der Waals surface area contributed by atoms with Crippen LogP contribution in [-0.2, 0) is 11.2 Å². The van der Waals surface area contributed by atoms with Crippen LogP contribution in [0.5, 0.6) is 5.75 Å². The number of methoxy groups -OCH3 is 1. The van der Waals surface area contributed by atoms with Gasteiger partial charge in [0.05, 0.1) is 12.8 Å². The Kier molecular flexibility index (Phi) is 6.02. The van der Waals surface area contributed by atoms with Crippen molar-refractivity contribution in [3.8, 4) is 5.75 Å². The predicted octanol–water partition coefficient (Wildman–Crippen LogP) is 2.51. The van der Waals surface area contributed by atoms with Crippen LogP contribution in [0.25, 0.3) is 0 Å². The zero-order chi connectivity index (χ0) is 20.2. The number of amides is 1. The summed E-state index contributed by atoms with van der Waals surface area (Å²) in [7, 11) is 1.70. The molecule has 4 rings (SSSR count). The number of anilines is 1. The number of carbonyl (C=O) groups excluding carboxylic acids is 1. The minimum atomic E-state index is -0.177. The lowest BCUT2D eigenvalue weighted by Gasteiger charge is -2.37. The van der Waals surface area contributed by atoms with Gasteiger partial charge in [0.2, 0.25) is 5.91 Å². The number of nitrogens with one attached hydrogen (secondary N) is 2. The summed E-state index contributed by atoms with van der Waals surface area (Å²) in [5.74, 6) is 1.07. The number of piperazine rings is 1. The molecule has 1 amide bonds. The highest BCUT2D eigenvalue weighted by Gasteiger charge is 2.34. The van der Waals surface area contributed by atoms with Gasteiger partial charge >= 0.3 is 0 Å². The van der Waals surface area contributed by atoms with Crippen LogP contribution in [0.4, 0.5) is 5.69 Å². The van der Waals surface area contributed by atoms with E-state index in [0.717, 1.165) is 50.5 Å². The summed E-state index contributed by atoms with van der Waals surface area (Å²) in [4.78, 5) is 17.3. The van der Waals surface area contributed by atoms with E-state index in [0.29, 0.717) is 0 Å². The number of para-hydroxylation sites is 2. The van der Waals surface area contributed by atoms with Gasteiger partial charge in [-0.1, -0.05) is 43.3 Å². The zero-order valence-corrected chi connectivity index (χ0v) is 17.2. The molecule has 0 bridgehead atoms. The lowest BCUT2D eigenvalue weighted by Crippen LogP contribution is -2.53. The molecule has 2 saturated heterocycles. The largest absolute Gasteiger partial charge is 0.495 e. The molecular weight excluding hydrogens is 364 g/mol. The minimum absolute atomic E-state index is 0.171. The van der Waals surface area contributed by atoms with Crippen molar-refractivity contribution in [1.82, 2.24) is 15.8 Å². The Balaban J connectivity index is 1.33. The van der Waals surface area contributed by atoms with Crippen LogP contribution < -0.4 is 20.5 Å². The maximum atomic E-state index is 13.0. The van der Waals surface area contributed by atoms with E-state index in [9.17, 15) is 4.79 Å². The average Bonchev–Trinajstić information content (AvgIpc) is 3.29. The summed E-state index contributed by atoms with van der Waals surface area (Å²) in [6.45, 7) is 5.24. The molecule has 2 N–H and O–H groups in total. The first-order chi connectivity index (χ1) is 14.2. The van der Waals surface area contributed by atoms with Crippen molar-refractivity contribution in [2.24, 2.45) is 0 Å². The van der Waals surface area contributed by atoms with Gasteiger partial charge in [-0.2, -0.15) is 0 Å². The molecule has 2 atom stereocenters. The van der Waals surface area contributed by atoms with E-state index in [-0.39, 0.29) is 18.0 Å². The summed E-state index contributed by atoms with van der Waals surface area (Å²) in [6.07, 6.45) is 1.82. The van der Waals surface area contributed by atoms with Gasteiger partial charge < -0.3 is 14.5 Å². The van der Waals surface area contributed by atoms with Gasteiger partial charge in [0.1, 0.15) is 11.8 Å². The van der Waals surface area contributed by atoms with Crippen LogP contribution in [0.2, 0.25) is 0 Å². The highest BCUT2D eigenvalue weighted by molar-refractivity contribution is 5.82. The number of benzene rings is 2. The minimum Gasteiger partial charge on any atom is -0.495 e. The molecule has 2 aliphatic heterocycles. The summed E-state index contributed by atoms with van der Waals surface area (Å²) >= 11 is 0. The lowest BCUT2D eigenvalue weighted by atomic mass is 9.99. The van der Waals surface area contributed by atoms with Crippen molar-refractivity contribution in [2.45, 2.75) is 31.8 Å². The fourth-order valence-corrected chi connectivity index (χ4v) is 4.20. The Hall–Kier alpha value is -2.57. The van der Waals surface area contributed by atoms with E-state index in [2.05, 4.69) is 53.0 Å². The highest BCUT2D eigenvalue weighted by atomic mass is 16.5. The molecule has 0 saturated carbocycles. The fourth-order valence-electron chi connectivity index (χ4n) is 4.20. The summed E-state index contributed by atoms with van der Waals surface area (Å²) in [6, 6.07) is 16.7. The van der Waals surface area contributed by atoms with E-state index in [1.165, 1.54) is 11.1 Å². The Morgan fingerprint density at radius 3 is 2.45 bits per heavy atom. The smallest absolute Gasteiger partial charge is 0.241 e. The molecule has 2 aromatic rings. The maximum absolute atomic E-state index is 13.0. The number of hydrogen-bond donors (Lipinski definition) is 2. The summed E-state index contributed by atoms with van der Waals surface area (Å²) in [5, 5.41) is 0. The first kappa shape index (κ1) is 19.7. The Morgan fingerprint density at radius 1 is 1.03 bits per heavy atom. The van der Waals surface area contributed by atoms with Crippen LogP contribution in [0.1, 0.15) is 30.5 Å². The molecular formula is C23H30N4O2. The van der Waals surface area contributed by atoms with E-state index in [1.807, 2.05) is 23.1 Å². The number of hydrogen-bond acceptors (Lipinski definition) is 5. The number of nitrogens with zero attached hydrogens (tertiary/aromatic N) is 2. The second kappa shape index (κ2) is 8.84. The number of aryl methyl sites for hydroxylation is 1. The zero-order valence-electron chi connectivity index (χ0n) is 17.2. The number of carbonyl (C=O) groups is 1. The third-order valence-electron chi connectivity index (χ3n) is 6.01. The monoisotopic (exact) mass is 394 g/mol. The second-order valence-corrected chi connectivity index (χ2v) is 7.71. The molecule has 0 radical (unpaired) electrons. The SMILES string of the molecule is CCc1ccc(C2CC(C(=O)N3CCN(c4ccccc4OC)CC3)NN2)cc1. The Labute approximate surface area is 172 Å². The number of hydrazine groups is 1. The van der Waals surface area contributed by atoms with E-state index < -0.39 is 0 Å². The molecule has 2 heterocycles. The van der Waals surface area contributed by atoms with Gasteiger partial charge in [-0.15, -0.1) is 0 Å². The second-order valence-electron chi connectivity index (χ2n) is 7.71. The van der Waals surface area contributed by atoms with Crippen molar-refractivity contribution in [3.05, 3.63) is 59.7 Å². The standard InChI is InChI=1S/C23H30N4O2/c1-3-17-8-10-18(11-9-17)19-16-20(25-24-19)23(28)27-14-12-26(13-15-27)21-6-4-5-7-22(21)29-2/h4-11,19-20,24-25H,3,12-16H2,1-2H3. The molecule has 2 aliphatic rings. The van der Waals surface area contributed by atoms with E-state index in [4.69, 9.17) is 4.74 Å². The molecule has 0 aliphatic carbocycles. The van der Waals surface area contributed by atoms with Crippen molar-refractivity contribution in [2.75, 3.05) is 38.2 Å². The van der Waals surface area contributed by atoms with Gasteiger partial charge in [0, 0.05) is 32.2 Å². The van der Waals surface area contributed by atoms with Crippen molar-refractivity contribution in [1.29, 1.82) is 0 Å². The molecule has 2 fully saturated rings. The molecule has 29 heavy (non-hydrogen) atoms. The molecule has 154 valence electrons. The predicted molar refractivity (Wildman–Crippen MR) is 115 cm³/mol. The maximum Gasteiger partial charge on any atom is 0.241 e. The van der Waals surface area contributed by atoms with E-state index >= 15 is 0 Å². The van der Waals surface area contributed by atoms with Crippen LogP contribution in [-0.4, -0.2) is 50.1 Å². The third kappa shape index (κ3) is 4.23. The quantitative estimate of drug-likeness (QED) is 0.816. The Morgan fingerprint density at radius 2 is 1.76 bits per heavy atom. The molecule has 0 aromatic heterocycles. The van der Waals surface area contributed by atoms with Gasteiger partial charge in [-0.25, -0.2) is 10.9 Å². The first-order valence-corrected chi connectivity index (χ1v) is 10.5. The van der Waals surface area contributed by atoms with Crippen molar-refractivity contribution >= 4 is 11.6 Å². The molecule has 0 spiro atoms. The molecule has 6 nitrogen and oxygen atoms in total. The molecule has 2 aromatic carbocycles. The van der Waals surface area contributed by atoms with Gasteiger partial charge in [0.25, 0.3) is 0 Å². The summed E-state index contributed by atoms with van der Waals surface area (Å²) < 4.78 is 5.48. The third-order valence-corrected chi connectivity index (χ3v) is 6.01. The van der Waals surface area contributed by atoms with Crippen LogP contribution >= 0.6 is 0 Å². The summed E-state index contributed by atoms with van der Waals surface area (Å²) in [5.41, 5.74) is 10.2. The molecule has 2 unspecified atom stereocenters. The topological polar surface area (TPSA) is 56.8 Å². The van der Waals surface area contributed by atoms with Crippen LogP contribution in [0.3, 0.4) is 0 Å². The van der Waals surface area contributed by atoms with Crippen molar-refractivity contribution in [3.63, 3.8) is 0 Å². The highest BCUT2D eigenvalue weighted by Crippen LogP contribution is 2.29. The first-order valence-electron chi connectivity index (χ1n) is 10.5. The Bertz CT molecular complexity index is 831. The van der Waals surface area contributed by atoms with Gasteiger partial charge in [-0.3, -0.25) is 4.79 Å². The number of rotatable bonds is 5. The van der Waals surface area contributed by atoms with Crippen LogP contribution in [0.15, 0.2) is 48.5 Å². The molecule has 6 heteroatoms. The van der Waals surface area contributed by atoms with Crippen LogP contribution in [0, 0.1) is 0 Å². The van der Waals surface area contributed by atoms with Gasteiger partial charge in [0.15, 0.2) is 0 Å². The average molecular weight is 395 g/mol. The van der Waals surface area contributed by atoms with Gasteiger partial charge in [-0.05, 0) is 36.1 Å².